The lowest BCUT2D eigenvalue weighted by molar-refractivity contribution is 0.364. The molecule has 0 heterocycles. The molecule has 13 heavy (non-hydrogen) atoms. The average molecular weight is 211 g/mol. The molecule has 76 valence electrons. The van der Waals surface area contributed by atoms with Gasteiger partial charge in [-0.25, -0.2) is 8.78 Å². The summed E-state index contributed by atoms with van der Waals surface area (Å²) in [5.41, 5.74) is -6.93. The van der Waals surface area contributed by atoms with E-state index < -0.39 is 30.3 Å². The van der Waals surface area contributed by atoms with Crippen LogP contribution in [0.1, 0.15) is 0 Å². The highest BCUT2D eigenvalue weighted by molar-refractivity contribution is 6.79. The van der Waals surface area contributed by atoms with Gasteiger partial charge in [0.05, 0.1) is 11.5 Å². The zero-order valence-corrected chi connectivity index (χ0v) is 5.60. The first kappa shape index (κ1) is 12.0. The summed E-state index contributed by atoms with van der Waals surface area (Å²) in [6.07, 6.45) is -7.05. The van der Waals surface area contributed by atoms with Gasteiger partial charge in [-0.15, -0.1) is 0 Å². The van der Waals surface area contributed by atoms with Crippen molar-refractivity contribution in [3.8, 4) is 0 Å². The van der Waals surface area contributed by atoms with Crippen molar-refractivity contribution in [3.63, 3.8) is 0 Å². The van der Waals surface area contributed by atoms with Crippen molar-refractivity contribution >= 4 is 6.70 Å². The highest BCUT2D eigenvalue weighted by Gasteiger charge is 2.40. The van der Waals surface area contributed by atoms with Crippen LogP contribution in [-0.2, 0) is 0 Å². The van der Waals surface area contributed by atoms with E-state index in [4.69, 9.17) is 0 Å². The summed E-state index contributed by atoms with van der Waals surface area (Å²) in [6, 6.07) is 0. The first-order chi connectivity index (χ1) is 5.71. The molecule has 0 unspecified atom stereocenters. The van der Waals surface area contributed by atoms with Gasteiger partial charge in [0.2, 0.25) is 0 Å². The molecule has 0 aliphatic carbocycles. The lowest BCUT2D eigenvalue weighted by atomic mass is 9.62. The molecule has 0 spiro atoms. The molecule has 0 radical (unpaired) electrons. The van der Waals surface area contributed by atoms with E-state index in [1.807, 2.05) is 0 Å². The molecule has 0 atom stereocenters. The van der Waals surface area contributed by atoms with Crippen molar-refractivity contribution in [2.24, 2.45) is 0 Å². The Hall–Kier alpha value is -1.02. The summed E-state index contributed by atoms with van der Waals surface area (Å²) in [6.45, 7) is -6.29. The van der Waals surface area contributed by atoms with Gasteiger partial charge in [-0.1, -0.05) is 0 Å². The van der Waals surface area contributed by atoms with Crippen LogP contribution in [0.3, 0.4) is 0 Å². The molecule has 9 heteroatoms. The number of halogens is 8. The fraction of sp³-hybridized carbons (Fsp3) is 0. The van der Waals surface area contributed by atoms with Gasteiger partial charge in [0.1, 0.15) is 0 Å². The van der Waals surface area contributed by atoms with Crippen molar-refractivity contribution < 1.29 is 35.0 Å². The normalized spacial score (nSPS) is 11.1. The average Bonchev–Trinajstić information content (AvgIpc) is 2.01. The summed E-state index contributed by atoms with van der Waals surface area (Å²) in [5.74, 6) is 0. The minimum Gasteiger partial charge on any atom is -0.466 e. The summed E-state index contributed by atoms with van der Waals surface area (Å²) in [4.78, 5) is 0. The van der Waals surface area contributed by atoms with Crippen LogP contribution in [0, 0.1) is 0 Å². The third-order valence-electron chi connectivity index (χ3n) is 0.998. The quantitative estimate of drug-likeness (QED) is 0.483. The lowest BCUT2D eigenvalue weighted by Gasteiger charge is -2.18. The van der Waals surface area contributed by atoms with Gasteiger partial charge in [0.25, 0.3) is 12.2 Å². The van der Waals surface area contributed by atoms with Gasteiger partial charge in [0, 0.05) is 0 Å². The van der Waals surface area contributed by atoms with Gasteiger partial charge in [-0.3, -0.25) is 0 Å². The third kappa shape index (κ3) is 2.46. The Bertz CT molecular complexity index is 231. The van der Waals surface area contributed by atoms with Crippen molar-refractivity contribution in [1.82, 2.24) is 0 Å². The van der Waals surface area contributed by atoms with Crippen LogP contribution >= 0.6 is 0 Å². The first-order valence-electron chi connectivity index (χ1n) is 2.65. The second-order valence-corrected chi connectivity index (χ2v) is 1.88. The highest BCUT2D eigenvalue weighted by Crippen LogP contribution is 2.34. The molecule has 0 bridgehead atoms. The van der Waals surface area contributed by atoms with E-state index in [2.05, 4.69) is 0 Å². The topological polar surface area (TPSA) is 0 Å². The molecule has 0 saturated carbocycles. The molecule has 0 amide bonds. The van der Waals surface area contributed by atoms with Crippen LogP contribution < -0.4 is 0 Å². The lowest BCUT2D eigenvalue weighted by Crippen LogP contribution is -2.27. The van der Waals surface area contributed by atoms with Crippen LogP contribution in [0.25, 0.3) is 0 Å². The Kier molecular flexibility index (Phi) is 3.50. The molecular weight excluding hydrogens is 211 g/mol. The van der Waals surface area contributed by atoms with Crippen LogP contribution in [0.2, 0.25) is 0 Å². The summed E-state index contributed by atoms with van der Waals surface area (Å²) < 4.78 is 91.9. The standard InChI is InChI=1S/C4BF8/c6-1(3(8)9)5(12,13)2(7)4(10)11/q-1. The Balaban J connectivity index is 5.23. The second-order valence-electron chi connectivity index (χ2n) is 1.88. The Morgan fingerprint density at radius 1 is 0.615 bits per heavy atom. The third-order valence-corrected chi connectivity index (χ3v) is 0.998. The van der Waals surface area contributed by atoms with Crippen LogP contribution in [-0.4, -0.2) is 6.70 Å². The van der Waals surface area contributed by atoms with Crippen LogP contribution in [0.15, 0.2) is 23.6 Å². The summed E-state index contributed by atoms with van der Waals surface area (Å²) in [7, 11) is 0. The molecule has 0 N–H and O–H groups in total. The van der Waals surface area contributed by atoms with Gasteiger partial charge < -0.3 is 8.63 Å². The molecule has 0 aromatic rings. The number of hydrogen-bond donors (Lipinski definition) is 0. The molecular formula is C4BF8-. The second kappa shape index (κ2) is 3.80. The fourth-order valence-electron chi connectivity index (χ4n) is 0.385. The monoisotopic (exact) mass is 211 g/mol. The fourth-order valence-corrected chi connectivity index (χ4v) is 0.385. The Morgan fingerprint density at radius 2 is 0.846 bits per heavy atom. The molecule has 0 nitrogen and oxygen atoms in total. The van der Waals surface area contributed by atoms with Crippen molar-refractivity contribution in [1.29, 1.82) is 0 Å². The minimum absolute atomic E-state index is 3.47. The number of hydrogen-bond acceptors (Lipinski definition) is 0. The summed E-state index contributed by atoms with van der Waals surface area (Å²) >= 11 is 0. The maximum absolute atomic E-state index is 11.9. The van der Waals surface area contributed by atoms with E-state index in [9.17, 15) is 35.0 Å². The van der Waals surface area contributed by atoms with Crippen LogP contribution in [0.4, 0.5) is 35.0 Å². The maximum atomic E-state index is 11.9. The molecule has 0 aromatic heterocycles. The van der Waals surface area contributed by atoms with Gasteiger partial charge in [-0.05, 0) is 0 Å². The summed E-state index contributed by atoms with van der Waals surface area (Å²) in [5, 5.41) is 0. The zero-order valence-electron chi connectivity index (χ0n) is 5.60. The van der Waals surface area contributed by atoms with E-state index in [1.54, 1.807) is 0 Å². The van der Waals surface area contributed by atoms with E-state index >= 15 is 0 Å². The Morgan fingerprint density at radius 3 is 1.00 bits per heavy atom. The number of rotatable bonds is 2. The Labute approximate surface area is 66.5 Å². The molecule has 0 rings (SSSR count). The van der Waals surface area contributed by atoms with E-state index in [-0.39, 0.29) is 0 Å². The maximum Gasteiger partial charge on any atom is 0.428 e. The SMILES string of the molecule is FC(F)=C(F)[B-](F)(F)C(F)=C(F)F. The van der Waals surface area contributed by atoms with E-state index in [0.29, 0.717) is 0 Å². The van der Waals surface area contributed by atoms with Gasteiger partial charge in [0.15, 0.2) is 0 Å². The van der Waals surface area contributed by atoms with Gasteiger partial charge >= 0.3 is 6.70 Å². The predicted octanol–water partition coefficient (Wildman–Crippen LogP) is 3.60. The predicted molar refractivity (Wildman–Crippen MR) is 28.7 cm³/mol. The van der Waals surface area contributed by atoms with E-state index in [1.165, 1.54) is 0 Å². The molecule has 0 fully saturated rings. The first-order valence-corrected chi connectivity index (χ1v) is 2.65. The van der Waals surface area contributed by atoms with Crippen molar-refractivity contribution in [3.05, 3.63) is 23.6 Å². The van der Waals surface area contributed by atoms with E-state index in [0.717, 1.165) is 0 Å². The molecule has 0 aliphatic heterocycles. The molecule has 0 aromatic carbocycles. The smallest absolute Gasteiger partial charge is 0.428 e. The highest BCUT2D eigenvalue weighted by atomic mass is 19.3. The van der Waals surface area contributed by atoms with Gasteiger partial charge in [-0.2, -0.15) is 17.6 Å². The van der Waals surface area contributed by atoms with Crippen molar-refractivity contribution in [2.75, 3.05) is 0 Å². The van der Waals surface area contributed by atoms with Crippen molar-refractivity contribution in [2.45, 2.75) is 0 Å². The largest absolute Gasteiger partial charge is 0.466 e. The molecule has 0 aliphatic rings. The zero-order chi connectivity index (χ0) is 10.8. The minimum atomic E-state index is -6.29. The van der Waals surface area contributed by atoms with Crippen LogP contribution in [0.5, 0.6) is 0 Å². The molecule has 0 saturated heterocycles.